The van der Waals surface area contributed by atoms with Gasteiger partial charge in [0.1, 0.15) is 0 Å². The Labute approximate surface area is 124 Å². The Bertz CT molecular complexity index is 556. The third-order valence-electron chi connectivity index (χ3n) is 4.29. The van der Waals surface area contributed by atoms with Gasteiger partial charge in [-0.15, -0.1) is 0 Å². The first-order valence-electron chi connectivity index (χ1n) is 7.39. The van der Waals surface area contributed by atoms with Crippen LogP contribution in [0.1, 0.15) is 42.6 Å². The molecule has 0 aromatic heterocycles. The summed E-state index contributed by atoms with van der Waals surface area (Å²) in [4.78, 5) is 25.6. The summed E-state index contributed by atoms with van der Waals surface area (Å²) in [7, 11) is 0. The van der Waals surface area contributed by atoms with Crippen molar-refractivity contribution in [2.45, 2.75) is 39.2 Å². The number of carboxylic acid groups (broad SMARTS) is 1. The number of anilines is 1. The van der Waals surface area contributed by atoms with E-state index in [0.717, 1.165) is 18.4 Å². The summed E-state index contributed by atoms with van der Waals surface area (Å²) in [5.74, 6) is -0.967. The minimum absolute atomic E-state index is 0.102. The molecule has 5 nitrogen and oxygen atoms in total. The topological polar surface area (TPSA) is 83.6 Å². The van der Waals surface area contributed by atoms with Gasteiger partial charge in [0, 0.05) is 12.2 Å². The second-order valence-corrected chi connectivity index (χ2v) is 5.61. The summed E-state index contributed by atoms with van der Waals surface area (Å²) < 4.78 is 0. The number of hydrogen-bond donors (Lipinski definition) is 2. The van der Waals surface area contributed by atoms with Crippen molar-refractivity contribution in [3.8, 4) is 0 Å². The molecule has 0 spiro atoms. The van der Waals surface area contributed by atoms with E-state index in [1.807, 2.05) is 19.9 Å². The van der Waals surface area contributed by atoms with Crippen LogP contribution in [-0.2, 0) is 11.2 Å². The predicted octanol–water partition coefficient (Wildman–Crippen LogP) is 2.04. The molecule has 2 unspecified atom stereocenters. The molecule has 1 aromatic rings. The number of carboxylic acids is 1. The highest BCUT2D eigenvalue weighted by Gasteiger charge is 2.30. The number of amides is 1. The molecule has 21 heavy (non-hydrogen) atoms. The maximum absolute atomic E-state index is 12.6. The van der Waals surface area contributed by atoms with Gasteiger partial charge in [0.15, 0.2) is 0 Å². The number of rotatable bonds is 4. The lowest BCUT2D eigenvalue weighted by molar-refractivity contribution is -0.120. The molecule has 114 valence electrons. The molecule has 0 bridgehead atoms. The fraction of sp³-hybridized carbons (Fsp3) is 0.500. The van der Waals surface area contributed by atoms with Crippen LogP contribution in [0.3, 0.4) is 0 Å². The molecule has 2 rings (SSSR count). The molecule has 0 fully saturated rings. The van der Waals surface area contributed by atoms with Crippen LogP contribution >= 0.6 is 0 Å². The van der Waals surface area contributed by atoms with Crippen LogP contribution < -0.4 is 10.6 Å². The molecule has 3 N–H and O–H groups in total. The summed E-state index contributed by atoms with van der Waals surface area (Å²) in [5.41, 5.74) is 7.77. The van der Waals surface area contributed by atoms with Crippen LogP contribution in [0.2, 0.25) is 0 Å². The number of benzene rings is 1. The van der Waals surface area contributed by atoms with Crippen molar-refractivity contribution in [2.75, 3.05) is 11.4 Å². The van der Waals surface area contributed by atoms with Crippen LogP contribution in [0, 0.1) is 5.92 Å². The van der Waals surface area contributed by atoms with E-state index in [1.165, 1.54) is 0 Å². The number of carbonyl (C=O) groups excluding carboxylic acids is 1. The van der Waals surface area contributed by atoms with Crippen molar-refractivity contribution in [2.24, 2.45) is 11.7 Å². The zero-order valence-corrected chi connectivity index (χ0v) is 12.5. The summed E-state index contributed by atoms with van der Waals surface area (Å²) in [6.07, 6.45) is 2.28. The van der Waals surface area contributed by atoms with Crippen molar-refractivity contribution in [3.63, 3.8) is 0 Å². The number of aromatic carboxylic acids is 1. The molecule has 0 radical (unpaired) electrons. The normalized spacial score (nSPS) is 17.0. The first-order chi connectivity index (χ1) is 9.97. The molecule has 5 heteroatoms. The lowest BCUT2D eigenvalue weighted by Crippen LogP contribution is -2.49. The fourth-order valence-electron chi connectivity index (χ4n) is 2.73. The molecule has 1 heterocycles. The fourth-order valence-corrected chi connectivity index (χ4v) is 2.73. The van der Waals surface area contributed by atoms with Gasteiger partial charge in [0.2, 0.25) is 5.91 Å². The molecule has 1 aliphatic rings. The van der Waals surface area contributed by atoms with Crippen molar-refractivity contribution in [1.29, 1.82) is 0 Å². The van der Waals surface area contributed by atoms with E-state index in [-0.39, 0.29) is 17.4 Å². The van der Waals surface area contributed by atoms with Gasteiger partial charge in [-0.05, 0) is 36.5 Å². The molecule has 1 aliphatic heterocycles. The van der Waals surface area contributed by atoms with Crippen molar-refractivity contribution in [1.82, 2.24) is 0 Å². The van der Waals surface area contributed by atoms with Crippen molar-refractivity contribution in [3.05, 3.63) is 29.3 Å². The summed E-state index contributed by atoms with van der Waals surface area (Å²) in [6, 6.07) is 4.53. The standard InChI is InChI=1S/C16H22N2O3/c1-3-10(2)14(17)15(19)18-9-5-7-11-12(16(20)21)6-4-8-13(11)18/h4,6,8,10,14H,3,5,7,9,17H2,1-2H3,(H,20,21). The molecular weight excluding hydrogens is 268 g/mol. The van der Waals surface area contributed by atoms with Crippen LogP contribution in [0.25, 0.3) is 0 Å². The van der Waals surface area contributed by atoms with Crippen LogP contribution in [0.4, 0.5) is 5.69 Å². The van der Waals surface area contributed by atoms with Gasteiger partial charge in [-0.2, -0.15) is 0 Å². The Morgan fingerprint density at radius 1 is 1.43 bits per heavy atom. The van der Waals surface area contributed by atoms with Gasteiger partial charge < -0.3 is 15.7 Å². The molecule has 2 atom stereocenters. The summed E-state index contributed by atoms with van der Waals surface area (Å²) in [6.45, 7) is 4.56. The van der Waals surface area contributed by atoms with Crippen LogP contribution in [-0.4, -0.2) is 29.6 Å². The van der Waals surface area contributed by atoms with Gasteiger partial charge in [0.05, 0.1) is 11.6 Å². The third kappa shape index (κ3) is 2.93. The first-order valence-corrected chi connectivity index (χ1v) is 7.39. The Morgan fingerprint density at radius 2 is 2.14 bits per heavy atom. The lowest BCUT2D eigenvalue weighted by atomic mass is 9.93. The molecule has 0 saturated heterocycles. The predicted molar refractivity (Wildman–Crippen MR) is 81.5 cm³/mol. The van der Waals surface area contributed by atoms with E-state index in [9.17, 15) is 14.7 Å². The molecule has 1 amide bonds. The average molecular weight is 290 g/mol. The van der Waals surface area contributed by atoms with E-state index in [4.69, 9.17) is 5.73 Å². The van der Waals surface area contributed by atoms with Gasteiger partial charge in [-0.1, -0.05) is 26.3 Å². The average Bonchev–Trinajstić information content (AvgIpc) is 2.51. The maximum Gasteiger partial charge on any atom is 0.336 e. The minimum atomic E-state index is -0.952. The zero-order valence-electron chi connectivity index (χ0n) is 12.5. The Balaban J connectivity index is 2.37. The Morgan fingerprint density at radius 3 is 2.76 bits per heavy atom. The maximum atomic E-state index is 12.6. The minimum Gasteiger partial charge on any atom is -0.478 e. The molecule has 1 aromatic carbocycles. The van der Waals surface area contributed by atoms with Crippen LogP contribution in [0.5, 0.6) is 0 Å². The van der Waals surface area contributed by atoms with Crippen LogP contribution in [0.15, 0.2) is 18.2 Å². The number of nitrogens with two attached hydrogens (primary N) is 1. The van der Waals surface area contributed by atoms with E-state index in [0.29, 0.717) is 18.7 Å². The van der Waals surface area contributed by atoms with Gasteiger partial charge in [-0.3, -0.25) is 4.79 Å². The summed E-state index contributed by atoms with van der Waals surface area (Å²) >= 11 is 0. The van der Waals surface area contributed by atoms with E-state index >= 15 is 0 Å². The second kappa shape index (κ2) is 6.26. The van der Waals surface area contributed by atoms with E-state index in [1.54, 1.807) is 17.0 Å². The monoisotopic (exact) mass is 290 g/mol. The van der Waals surface area contributed by atoms with Gasteiger partial charge >= 0.3 is 5.97 Å². The number of nitrogens with zero attached hydrogens (tertiary/aromatic N) is 1. The van der Waals surface area contributed by atoms with E-state index < -0.39 is 12.0 Å². The molecular formula is C16H22N2O3. The second-order valence-electron chi connectivity index (χ2n) is 5.61. The third-order valence-corrected chi connectivity index (χ3v) is 4.29. The van der Waals surface area contributed by atoms with Crippen molar-refractivity contribution >= 4 is 17.6 Å². The highest BCUT2D eigenvalue weighted by Crippen LogP contribution is 2.30. The molecule has 0 aliphatic carbocycles. The zero-order chi connectivity index (χ0) is 15.6. The van der Waals surface area contributed by atoms with Crippen molar-refractivity contribution < 1.29 is 14.7 Å². The highest BCUT2D eigenvalue weighted by atomic mass is 16.4. The Hall–Kier alpha value is -1.88. The highest BCUT2D eigenvalue weighted by molar-refractivity contribution is 6.00. The van der Waals surface area contributed by atoms with Gasteiger partial charge in [0.25, 0.3) is 0 Å². The lowest BCUT2D eigenvalue weighted by Gasteiger charge is -2.33. The van der Waals surface area contributed by atoms with E-state index in [2.05, 4.69) is 0 Å². The molecule has 0 saturated carbocycles. The first kappa shape index (κ1) is 15.5. The van der Waals surface area contributed by atoms with Gasteiger partial charge in [-0.25, -0.2) is 4.79 Å². The Kier molecular flexibility index (Phi) is 4.63. The largest absolute Gasteiger partial charge is 0.478 e. The number of fused-ring (bicyclic) bond motifs is 1. The number of carbonyl (C=O) groups is 2. The summed E-state index contributed by atoms with van der Waals surface area (Å²) in [5, 5.41) is 9.27. The quantitative estimate of drug-likeness (QED) is 0.888. The smallest absolute Gasteiger partial charge is 0.336 e. The SMILES string of the molecule is CCC(C)C(N)C(=O)N1CCCc2c(C(=O)O)cccc21. The number of hydrogen-bond acceptors (Lipinski definition) is 3.